The van der Waals surface area contributed by atoms with Gasteiger partial charge >= 0.3 is 0 Å². The van der Waals surface area contributed by atoms with Crippen LogP contribution in [0, 0.1) is 0 Å². The summed E-state index contributed by atoms with van der Waals surface area (Å²) in [5.74, 6) is 0.00378. The Balaban J connectivity index is 1.80. The topological polar surface area (TPSA) is 55.1 Å². The summed E-state index contributed by atoms with van der Waals surface area (Å²) in [4.78, 5) is 12.0. The third kappa shape index (κ3) is 4.47. The largest absolute Gasteiger partial charge is 0.353 e. The van der Waals surface area contributed by atoms with Gasteiger partial charge in [0.15, 0.2) is 0 Å². The third-order valence-corrected chi connectivity index (χ3v) is 3.89. The number of rotatable bonds is 6. The summed E-state index contributed by atoms with van der Waals surface area (Å²) in [6, 6.07) is 11.7. The Labute approximate surface area is 123 Å². The van der Waals surface area contributed by atoms with E-state index < -0.39 is 0 Å². The third-order valence-electron chi connectivity index (χ3n) is 3.16. The van der Waals surface area contributed by atoms with Gasteiger partial charge in [-0.1, -0.05) is 30.3 Å². The number of nitrogens with one attached hydrogen (secondary N) is 1. The quantitative estimate of drug-likeness (QED) is 0.858. The van der Waals surface area contributed by atoms with Crippen LogP contribution in [-0.2, 0) is 11.2 Å². The van der Waals surface area contributed by atoms with E-state index >= 15 is 0 Å². The van der Waals surface area contributed by atoms with E-state index in [1.165, 1.54) is 5.56 Å². The fraction of sp³-hybridized carbons (Fsp3) is 0.312. The fourth-order valence-corrected chi connectivity index (χ4v) is 2.85. The van der Waals surface area contributed by atoms with Crippen molar-refractivity contribution in [3.8, 4) is 0 Å². The number of amides is 1. The number of carbonyl (C=O) groups is 1. The van der Waals surface area contributed by atoms with Gasteiger partial charge in [0.05, 0.1) is 0 Å². The van der Waals surface area contributed by atoms with Crippen molar-refractivity contribution in [1.29, 1.82) is 0 Å². The molecule has 2 aromatic rings. The monoisotopic (exact) mass is 288 g/mol. The predicted molar refractivity (Wildman–Crippen MR) is 83.6 cm³/mol. The van der Waals surface area contributed by atoms with Gasteiger partial charge in [0.25, 0.3) is 0 Å². The molecular formula is C16H20N2OS. The van der Waals surface area contributed by atoms with Crippen LogP contribution in [0.2, 0.25) is 0 Å². The predicted octanol–water partition coefficient (Wildman–Crippen LogP) is 2.89. The van der Waals surface area contributed by atoms with Crippen molar-refractivity contribution in [2.45, 2.75) is 31.8 Å². The minimum atomic E-state index is -0.246. The molecule has 0 aliphatic carbocycles. The molecule has 3 N–H and O–H groups in total. The number of nitrogens with two attached hydrogens (primary N) is 1. The molecule has 2 atom stereocenters. The van der Waals surface area contributed by atoms with Crippen molar-refractivity contribution < 1.29 is 4.79 Å². The van der Waals surface area contributed by atoms with Crippen molar-refractivity contribution in [3.05, 3.63) is 58.3 Å². The first-order valence-electron chi connectivity index (χ1n) is 6.76. The van der Waals surface area contributed by atoms with Gasteiger partial charge in [0, 0.05) is 18.5 Å². The number of carbonyl (C=O) groups excluding carboxylic acids is 1. The zero-order chi connectivity index (χ0) is 14.4. The highest BCUT2D eigenvalue weighted by molar-refractivity contribution is 7.07. The molecule has 4 heteroatoms. The molecule has 0 radical (unpaired) electrons. The van der Waals surface area contributed by atoms with E-state index in [4.69, 9.17) is 5.73 Å². The average molecular weight is 288 g/mol. The molecule has 0 aliphatic rings. The first-order chi connectivity index (χ1) is 9.65. The fourth-order valence-electron chi connectivity index (χ4n) is 2.16. The molecule has 0 bridgehead atoms. The molecule has 0 spiro atoms. The maximum absolute atomic E-state index is 12.0. The van der Waals surface area contributed by atoms with Crippen molar-refractivity contribution in [2.24, 2.45) is 5.73 Å². The smallest absolute Gasteiger partial charge is 0.222 e. The van der Waals surface area contributed by atoms with Gasteiger partial charge in [-0.15, -0.1) is 0 Å². The van der Waals surface area contributed by atoms with Gasteiger partial charge in [-0.3, -0.25) is 4.79 Å². The second-order valence-corrected chi connectivity index (χ2v) is 5.81. The molecule has 0 saturated carbocycles. The number of hydrogen-bond donors (Lipinski definition) is 2. The van der Waals surface area contributed by atoms with Crippen LogP contribution in [0.25, 0.3) is 0 Å². The first-order valence-corrected chi connectivity index (χ1v) is 7.70. The standard InChI is InChI=1S/C16H20N2OS/c1-12(9-13-7-8-20-11-13)18-16(19)10-15(17)14-5-3-2-4-6-14/h2-8,11-12,15H,9-10,17H2,1H3,(H,18,19). The van der Waals surface area contributed by atoms with Gasteiger partial charge in [-0.05, 0) is 41.3 Å². The molecule has 106 valence electrons. The average Bonchev–Trinajstić information content (AvgIpc) is 2.92. The molecule has 1 amide bonds. The Kier molecular flexibility index (Phi) is 5.32. The van der Waals surface area contributed by atoms with Gasteiger partial charge < -0.3 is 11.1 Å². The molecule has 1 aromatic heterocycles. The van der Waals surface area contributed by atoms with Crippen LogP contribution in [0.15, 0.2) is 47.2 Å². The minimum Gasteiger partial charge on any atom is -0.353 e. The van der Waals surface area contributed by atoms with Crippen LogP contribution in [-0.4, -0.2) is 11.9 Å². The van der Waals surface area contributed by atoms with Crippen LogP contribution >= 0.6 is 11.3 Å². The maximum atomic E-state index is 12.0. The van der Waals surface area contributed by atoms with Crippen molar-refractivity contribution in [2.75, 3.05) is 0 Å². The number of hydrogen-bond acceptors (Lipinski definition) is 3. The summed E-state index contributed by atoms with van der Waals surface area (Å²) in [6.45, 7) is 2.02. The molecule has 0 aliphatic heterocycles. The van der Waals surface area contributed by atoms with Crippen LogP contribution in [0.5, 0.6) is 0 Å². The lowest BCUT2D eigenvalue weighted by molar-refractivity contribution is -0.122. The summed E-state index contributed by atoms with van der Waals surface area (Å²) in [5, 5.41) is 7.16. The van der Waals surface area contributed by atoms with Crippen molar-refractivity contribution in [1.82, 2.24) is 5.32 Å². The van der Waals surface area contributed by atoms with E-state index in [1.807, 2.05) is 37.3 Å². The lowest BCUT2D eigenvalue weighted by Gasteiger charge is -2.16. The molecule has 2 rings (SSSR count). The van der Waals surface area contributed by atoms with E-state index in [9.17, 15) is 4.79 Å². The Hall–Kier alpha value is -1.65. The van der Waals surface area contributed by atoms with Gasteiger partial charge in [0.2, 0.25) is 5.91 Å². The van der Waals surface area contributed by atoms with Gasteiger partial charge in [-0.2, -0.15) is 11.3 Å². The lowest BCUT2D eigenvalue weighted by Crippen LogP contribution is -2.35. The molecule has 20 heavy (non-hydrogen) atoms. The highest BCUT2D eigenvalue weighted by atomic mass is 32.1. The summed E-state index contributed by atoms with van der Waals surface area (Å²) < 4.78 is 0. The van der Waals surface area contributed by atoms with Crippen molar-refractivity contribution in [3.63, 3.8) is 0 Å². The van der Waals surface area contributed by atoms with E-state index in [-0.39, 0.29) is 18.0 Å². The Bertz CT molecular complexity index is 525. The first kappa shape index (κ1) is 14.8. The van der Waals surface area contributed by atoms with E-state index in [2.05, 4.69) is 22.1 Å². The summed E-state index contributed by atoms with van der Waals surface area (Å²) >= 11 is 1.68. The SMILES string of the molecule is CC(Cc1ccsc1)NC(=O)CC(N)c1ccccc1. The van der Waals surface area contributed by atoms with Crippen LogP contribution in [0.3, 0.4) is 0 Å². The number of benzene rings is 1. The molecule has 3 nitrogen and oxygen atoms in total. The maximum Gasteiger partial charge on any atom is 0.222 e. The highest BCUT2D eigenvalue weighted by Gasteiger charge is 2.13. The Morgan fingerprint density at radius 3 is 2.70 bits per heavy atom. The van der Waals surface area contributed by atoms with Crippen LogP contribution < -0.4 is 11.1 Å². The number of thiophene rings is 1. The molecule has 0 saturated heterocycles. The molecular weight excluding hydrogens is 268 g/mol. The van der Waals surface area contributed by atoms with Crippen LogP contribution in [0.4, 0.5) is 0 Å². The summed E-state index contributed by atoms with van der Waals surface area (Å²) in [6.07, 6.45) is 1.17. The van der Waals surface area contributed by atoms with E-state index in [0.29, 0.717) is 6.42 Å². The van der Waals surface area contributed by atoms with Gasteiger partial charge in [0.1, 0.15) is 0 Å². The zero-order valence-electron chi connectivity index (χ0n) is 11.6. The van der Waals surface area contributed by atoms with E-state index in [0.717, 1.165) is 12.0 Å². The lowest BCUT2D eigenvalue weighted by atomic mass is 10.0. The second kappa shape index (κ2) is 7.22. The second-order valence-electron chi connectivity index (χ2n) is 5.03. The zero-order valence-corrected chi connectivity index (χ0v) is 12.4. The minimum absolute atomic E-state index is 0.00378. The highest BCUT2D eigenvalue weighted by Crippen LogP contribution is 2.13. The molecule has 0 fully saturated rings. The molecule has 1 aromatic carbocycles. The van der Waals surface area contributed by atoms with Crippen molar-refractivity contribution >= 4 is 17.2 Å². The van der Waals surface area contributed by atoms with Gasteiger partial charge in [-0.25, -0.2) is 0 Å². The molecule has 2 unspecified atom stereocenters. The Morgan fingerprint density at radius 2 is 2.05 bits per heavy atom. The summed E-state index contributed by atoms with van der Waals surface area (Å²) in [5.41, 5.74) is 8.30. The molecule has 1 heterocycles. The van der Waals surface area contributed by atoms with E-state index in [1.54, 1.807) is 11.3 Å². The Morgan fingerprint density at radius 1 is 1.30 bits per heavy atom. The van der Waals surface area contributed by atoms with Crippen LogP contribution in [0.1, 0.15) is 30.5 Å². The summed E-state index contributed by atoms with van der Waals surface area (Å²) in [7, 11) is 0. The normalized spacial score (nSPS) is 13.7.